The van der Waals surface area contributed by atoms with Gasteiger partial charge in [-0.2, -0.15) is 0 Å². The third-order valence-corrected chi connectivity index (χ3v) is 16.2. The van der Waals surface area contributed by atoms with Gasteiger partial charge < -0.3 is 34.1 Å². The number of rotatable bonds is 7. The summed E-state index contributed by atoms with van der Waals surface area (Å²) in [6.45, 7) is 7.00. The molecule has 2 aromatic rings. The summed E-state index contributed by atoms with van der Waals surface area (Å²) in [5.41, 5.74) is -1.17. The van der Waals surface area contributed by atoms with Crippen molar-refractivity contribution >= 4 is 45.1 Å². The summed E-state index contributed by atoms with van der Waals surface area (Å²) in [6.07, 6.45) is 9.02. The number of H-pyrrole nitrogens is 1. The van der Waals surface area contributed by atoms with Crippen LogP contribution < -0.4 is 0 Å². The van der Waals surface area contributed by atoms with Crippen LogP contribution in [-0.2, 0) is 40.4 Å². The minimum absolute atomic E-state index is 0.220. The lowest BCUT2D eigenvalue weighted by Gasteiger charge is -2.63. The average Bonchev–Trinajstić information content (AvgIpc) is 3.86. The fraction of sp³-hybridized carbons (Fsp3) is 0.622. The van der Waals surface area contributed by atoms with Gasteiger partial charge in [0.2, 0.25) is 5.92 Å². The van der Waals surface area contributed by atoms with Gasteiger partial charge in [-0.25, -0.2) is 8.78 Å². The summed E-state index contributed by atoms with van der Waals surface area (Å²) >= 11 is 3.67. The van der Waals surface area contributed by atoms with Crippen molar-refractivity contribution in [2.75, 3.05) is 54.0 Å². The van der Waals surface area contributed by atoms with Gasteiger partial charge in [-0.1, -0.05) is 41.1 Å². The van der Waals surface area contributed by atoms with E-state index in [-0.39, 0.29) is 31.3 Å². The Morgan fingerprint density at radius 3 is 2.61 bits per heavy atom. The second kappa shape index (κ2) is 14.1. The molecule has 0 amide bonds. The fourth-order valence-electron chi connectivity index (χ4n) is 13.7. The molecule has 4 unspecified atom stereocenters. The number of likely N-dealkylation sites (N-methyl/N-ethyl adjacent to an activating group) is 1. The predicted octanol–water partition coefficient (Wildman–Crippen LogP) is 5.55. The monoisotopic (exact) mass is 880 g/mol. The highest BCUT2D eigenvalue weighted by Gasteiger charge is 2.79. The van der Waals surface area contributed by atoms with E-state index in [0.717, 1.165) is 39.1 Å². The van der Waals surface area contributed by atoms with Gasteiger partial charge in [0.05, 0.1) is 19.3 Å². The minimum Gasteiger partial charge on any atom is -0.468 e. The van der Waals surface area contributed by atoms with Crippen LogP contribution in [0, 0.1) is 28.6 Å². The van der Waals surface area contributed by atoms with Gasteiger partial charge in [0, 0.05) is 103 Å². The van der Waals surface area contributed by atoms with Gasteiger partial charge in [0.15, 0.2) is 11.9 Å². The molecule has 14 heteroatoms. The number of hydrogen-bond donors (Lipinski definition) is 2. The van der Waals surface area contributed by atoms with E-state index < -0.39 is 69.8 Å². The first-order valence-electron chi connectivity index (χ1n) is 21.0. The highest BCUT2D eigenvalue weighted by Crippen LogP contribution is 2.70. The minimum atomic E-state index is -2.91. The molecular formula is C45H55BrF2N4O7. The topological polar surface area (TPSA) is 125 Å². The molecule has 1 aromatic carbocycles. The average molecular weight is 882 g/mol. The van der Waals surface area contributed by atoms with Crippen LogP contribution in [0.25, 0.3) is 10.9 Å². The van der Waals surface area contributed by atoms with Crippen molar-refractivity contribution in [3.63, 3.8) is 0 Å². The van der Waals surface area contributed by atoms with Crippen molar-refractivity contribution in [3.8, 4) is 0 Å². The normalized spacial score (nSPS) is 40.1. The number of piperidine rings is 1. The van der Waals surface area contributed by atoms with Crippen molar-refractivity contribution < 1.29 is 42.5 Å². The maximum absolute atomic E-state index is 15.4. The number of benzene rings is 1. The number of methoxy groups -OCH3 is 2. The first kappa shape index (κ1) is 40.9. The number of likely N-dealkylation sites (tertiary alicyclic amines) is 1. The van der Waals surface area contributed by atoms with Crippen molar-refractivity contribution in [1.29, 1.82) is 0 Å². The highest BCUT2D eigenvalue weighted by molar-refractivity contribution is 9.10. The molecule has 2 N–H and O–H groups in total. The Bertz CT molecular complexity index is 2190. The number of ether oxygens (including phenoxy) is 3. The van der Waals surface area contributed by atoms with Crippen LogP contribution >= 0.6 is 15.9 Å². The van der Waals surface area contributed by atoms with Gasteiger partial charge in [0.25, 0.3) is 0 Å². The number of aliphatic hydroxyl groups is 1. The fourth-order valence-corrected chi connectivity index (χ4v) is 14.1. The SMILES string of the molecule is CC[C@]12C=CCN3CC[C@@]4(C5=CC([C@@]6(C(=O)OC)C[C@H]7CC(C(C)(F)F)CN(CCc8c6[nH]c6ccc(Br)cc86)C7)C(OC)C=C5N(C)[C@H]4[C@@](O)(C=O)[C@@H]1OC(C)=O)[C@@H]32. The summed E-state index contributed by atoms with van der Waals surface area (Å²) in [6, 6.07) is 4.88. The third-order valence-electron chi connectivity index (χ3n) is 15.8. The van der Waals surface area contributed by atoms with Crippen molar-refractivity contribution in [3.05, 3.63) is 69.5 Å². The maximum atomic E-state index is 15.4. The number of aldehydes is 1. The van der Waals surface area contributed by atoms with Crippen LogP contribution in [0.4, 0.5) is 8.78 Å². The molecule has 5 aliphatic heterocycles. The molecule has 0 radical (unpaired) electrons. The van der Waals surface area contributed by atoms with E-state index in [2.05, 4.69) is 48.9 Å². The number of halogens is 3. The smallest absolute Gasteiger partial charge is 0.318 e. The number of allylic oxidation sites excluding steroid dienone is 1. The number of aromatic amines is 1. The van der Waals surface area contributed by atoms with E-state index >= 15 is 13.6 Å². The molecule has 59 heavy (non-hydrogen) atoms. The number of carbonyl (C=O) groups is 3. The Hall–Kier alpha value is -3.43. The zero-order chi connectivity index (χ0) is 42.0. The van der Waals surface area contributed by atoms with Gasteiger partial charge in [-0.15, -0.1) is 0 Å². The van der Waals surface area contributed by atoms with Crippen molar-refractivity contribution in [2.45, 2.75) is 94.1 Å². The van der Waals surface area contributed by atoms with Gasteiger partial charge >= 0.3 is 11.9 Å². The molecule has 1 aromatic heterocycles. The van der Waals surface area contributed by atoms with E-state index in [4.69, 9.17) is 14.2 Å². The van der Waals surface area contributed by atoms with Gasteiger partial charge in [0.1, 0.15) is 11.5 Å². The van der Waals surface area contributed by atoms with E-state index in [0.29, 0.717) is 57.4 Å². The highest BCUT2D eigenvalue weighted by atomic mass is 79.9. The maximum Gasteiger partial charge on any atom is 0.318 e. The summed E-state index contributed by atoms with van der Waals surface area (Å²) < 4.78 is 50.0. The van der Waals surface area contributed by atoms with Crippen LogP contribution in [0.3, 0.4) is 0 Å². The van der Waals surface area contributed by atoms with Crippen LogP contribution in [0.1, 0.15) is 57.7 Å². The van der Waals surface area contributed by atoms with Gasteiger partial charge in [-0.05, 0) is 86.9 Å². The number of carbonyl (C=O) groups excluding carboxylic acids is 3. The molecule has 12 atom stereocenters. The molecule has 6 heterocycles. The molecule has 1 spiro atoms. The first-order chi connectivity index (χ1) is 28.0. The number of fused-ring (bicyclic) bond motifs is 6. The van der Waals surface area contributed by atoms with Crippen molar-refractivity contribution in [1.82, 2.24) is 19.7 Å². The lowest BCUT2D eigenvalue weighted by Crippen LogP contribution is -2.78. The van der Waals surface area contributed by atoms with E-state index in [1.807, 2.05) is 43.1 Å². The number of nitrogens with zero attached hydrogens (tertiary/aromatic N) is 3. The summed E-state index contributed by atoms with van der Waals surface area (Å²) in [5, 5.41) is 13.9. The molecule has 318 valence electrons. The zero-order valence-corrected chi connectivity index (χ0v) is 36.2. The third kappa shape index (κ3) is 5.57. The quantitative estimate of drug-likeness (QED) is 0.208. The van der Waals surface area contributed by atoms with E-state index in [9.17, 15) is 14.7 Å². The zero-order valence-electron chi connectivity index (χ0n) is 34.6. The van der Waals surface area contributed by atoms with Crippen LogP contribution in [0.15, 0.2) is 58.2 Å². The number of esters is 2. The molecule has 4 fully saturated rings. The van der Waals surface area contributed by atoms with E-state index in [1.165, 1.54) is 14.0 Å². The molecule has 2 bridgehead atoms. The lowest BCUT2D eigenvalue weighted by atomic mass is 9.47. The summed E-state index contributed by atoms with van der Waals surface area (Å²) in [4.78, 5) is 52.0. The standard InChI is InChI=1S/C45H55BrF2N4O7/c1-7-42-12-8-14-52-16-13-43(37(42)52)31-19-32(35(57-5)20-34(31)50(4)38(43)45(56,24-53)39(42)59-25(2)54)44(40(55)58-6)21-26-17-27(41(3,47)48)23-51(22-26)15-11-29-30-18-28(46)9-10-33(30)49-36(29)44/h8-10,12,18-20,24,26-27,32,35,37-39,49,56H,7,11,13-17,21-23H2,1-6H3/t26-,27?,32?,35?,37+,38-,39-,42-,43-,44+,45+/m1/s1. The second-order valence-electron chi connectivity index (χ2n) is 18.5. The molecular weight excluding hydrogens is 826 g/mol. The van der Waals surface area contributed by atoms with Crippen LogP contribution in [0.2, 0.25) is 0 Å². The number of alkyl halides is 2. The molecule has 11 nitrogen and oxygen atoms in total. The molecule has 9 rings (SSSR count). The molecule has 1 saturated carbocycles. The number of hydrogen-bond acceptors (Lipinski definition) is 10. The van der Waals surface area contributed by atoms with Crippen LogP contribution in [-0.4, -0.2) is 133 Å². The summed E-state index contributed by atoms with van der Waals surface area (Å²) in [5.74, 6) is -5.87. The Kier molecular flexibility index (Phi) is 9.75. The lowest BCUT2D eigenvalue weighted by molar-refractivity contribution is -0.226. The largest absolute Gasteiger partial charge is 0.468 e. The Morgan fingerprint density at radius 2 is 1.93 bits per heavy atom. The Morgan fingerprint density at radius 1 is 1.15 bits per heavy atom. The first-order valence-corrected chi connectivity index (χ1v) is 21.8. The number of aromatic nitrogens is 1. The molecule has 3 saturated heterocycles. The Labute approximate surface area is 352 Å². The molecule has 2 aliphatic carbocycles. The van der Waals surface area contributed by atoms with Crippen molar-refractivity contribution in [2.24, 2.45) is 28.6 Å². The van der Waals surface area contributed by atoms with Crippen LogP contribution in [0.5, 0.6) is 0 Å². The van der Waals surface area contributed by atoms with E-state index in [1.54, 1.807) is 7.11 Å². The molecule has 7 aliphatic rings. The number of nitrogens with one attached hydrogen (secondary N) is 1. The van der Waals surface area contributed by atoms with Gasteiger partial charge in [-0.3, -0.25) is 19.3 Å². The Balaban J connectivity index is 1.32. The second-order valence-corrected chi connectivity index (χ2v) is 19.4. The predicted molar refractivity (Wildman–Crippen MR) is 220 cm³/mol. The summed E-state index contributed by atoms with van der Waals surface area (Å²) in [7, 11) is 4.87.